The second-order valence-corrected chi connectivity index (χ2v) is 7.29. The first-order valence-corrected chi connectivity index (χ1v) is 8.61. The number of carbonyl (C=O) groups excluding carboxylic acids is 1. The van der Waals surface area contributed by atoms with Crippen LogP contribution in [0, 0.1) is 6.57 Å². The molecule has 1 aliphatic heterocycles. The molecule has 1 aromatic carbocycles. The van der Waals surface area contributed by atoms with E-state index in [1.165, 1.54) is 9.78 Å². The third-order valence-electron chi connectivity index (χ3n) is 4.76. The van der Waals surface area contributed by atoms with Gasteiger partial charge in [0.15, 0.2) is 17.2 Å². The van der Waals surface area contributed by atoms with Crippen LogP contribution in [-0.4, -0.2) is 23.8 Å². The van der Waals surface area contributed by atoms with Crippen molar-refractivity contribution in [3.8, 4) is 10.4 Å². The molecule has 1 aromatic heterocycles. The van der Waals surface area contributed by atoms with Gasteiger partial charge in [-0.25, -0.2) is 9.84 Å². The Morgan fingerprint density at radius 3 is 2.96 bits per heavy atom. The fourth-order valence-corrected chi connectivity index (χ4v) is 4.78. The van der Waals surface area contributed by atoms with E-state index < -0.39 is 5.54 Å². The molecule has 2 aliphatic rings. The van der Waals surface area contributed by atoms with Crippen molar-refractivity contribution in [2.45, 2.75) is 24.8 Å². The molecular formula is C18H16N4OS. The smallest absolute Gasteiger partial charge is 0.261 e. The van der Waals surface area contributed by atoms with E-state index in [0.717, 1.165) is 28.8 Å². The number of carbonyl (C=O) groups is 1. The number of hydrogen-bond donors (Lipinski definition) is 1. The molecule has 6 heteroatoms. The minimum Gasteiger partial charge on any atom is -0.369 e. The Balaban J connectivity index is 1.85. The molecule has 0 saturated carbocycles. The molecule has 1 aliphatic carbocycles. The van der Waals surface area contributed by atoms with Crippen LogP contribution in [-0.2, 0) is 16.8 Å². The van der Waals surface area contributed by atoms with E-state index in [0.29, 0.717) is 12.1 Å². The largest absolute Gasteiger partial charge is 0.369 e. The van der Waals surface area contributed by atoms with Gasteiger partial charge >= 0.3 is 0 Å². The van der Waals surface area contributed by atoms with Crippen LogP contribution in [0.1, 0.15) is 23.3 Å². The zero-order valence-corrected chi connectivity index (χ0v) is 14.1. The minimum atomic E-state index is -0.849. The van der Waals surface area contributed by atoms with Gasteiger partial charge in [-0.1, -0.05) is 18.2 Å². The molecule has 24 heavy (non-hydrogen) atoms. The third-order valence-corrected chi connectivity index (χ3v) is 6.01. The Morgan fingerprint density at radius 2 is 2.25 bits per heavy atom. The van der Waals surface area contributed by atoms with Crippen LogP contribution < -0.4 is 5.73 Å². The molecule has 120 valence electrons. The molecule has 2 heterocycles. The van der Waals surface area contributed by atoms with Crippen LogP contribution in [0.5, 0.6) is 0 Å². The highest BCUT2D eigenvalue weighted by Gasteiger charge is 2.50. The number of benzene rings is 1. The average Bonchev–Trinajstić information content (AvgIpc) is 3.13. The molecule has 0 fully saturated rings. The second-order valence-electron chi connectivity index (χ2n) is 6.16. The molecule has 0 radical (unpaired) electrons. The van der Waals surface area contributed by atoms with Gasteiger partial charge in [-0.2, -0.15) is 0 Å². The molecule has 0 bridgehead atoms. The first-order chi connectivity index (χ1) is 11.5. The Labute approximate surface area is 144 Å². The number of rotatable bonds is 1. The Bertz CT molecular complexity index is 923. The van der Waals surface area contributed by atoms with Crippen molar-refractivity contribution in [3.63, 3.8) is 0 Å². The number of aryl methyl sites for hydroxylation is 1. The molecule has 1 amide bonds. The van der Waals surface area contributed by atoms with E-state index in [1.807, 2.05) is 18.2 Å². The van der Waals surface area contributed by atoms with Gasteiger partial charge in [0.1, 0.15) is 0 Å². The lowest BCUT2D eigenvalue weighted by molar-refractivity contribution is -0.131. The number of aliphatic imine (C=N–C) groups is 1. The van der Waals surface area contributed by atoms with Crippen LogP contribution in [0.4, 0.5) is 5.69 Å². The van der Waals surface area contributed by atoms with Crippen molar-refractivity contribution < 1.29 is 4.79 Å². The quantitative estimate of drug-likeness (QED) is 0.812. The molecule has 2 N–H and O–H groups in total. The lowest BCUT2D eigenvalue weighted by Crippen LogP contribution is -2.41. The maximum atomic E-state index is 12.8. The van der Waals surface area contributed by atoms with Crippen LogP contribution in [0.3, 0.4) is 0 Å². The summed E-state index contributed by atoms with van der Waals surface area (Å²) >= 11 is 1.69. The summed E-state index contributed by atoms with van der Waals surface area (Å²) in [7, 11) is 1.68. The zero-order valence-electron chi connectivity index (χ0n) is 13.2. The van der Waals surface area contributed by atoms with Crippen molar-refractivity contribution >= 4 is 28.9 Å². The molecule has 4 rings (SSSR count). The lowest BCUT2D eigenvalue weighted by Gasteiger charge is -2.29. The van der Waals surface area contributed by atoms with Crippen LogP contribution >= 0.6 is 11.3 Å². The van der Waals surface area contributed by atoms with Crippen LogP contribution in [0.25, 0.3) is 15.3 Å². The predicted molar refractivity (Wildman–Crippen MR) is 95.0 cm³/mol. The fraction of sp³-hybridized carbons (Fsp3) is 0.278. The number of likely N-dealkylation sites (N-methyl/N-ethyl adjacent to an activating group) is 1. The number of hydrogen-bond acceptors (Lipinski definition) is 4. The van der Waals surface area contributed by atoms with Crippen molar-refractivity contribution in [3.05, 3.63) is 52.2 Å². The Hall–Kier alpha value is -2.65. The molecule has 1 atom stereocenters. The third kappa shape index (κ3) is 1.98. The van der Waals surface area contributed by atoms with Gasteiger partial charge in [0.05, 0.1) is 6.57 Å². The Kier molecular flexibility index (Phi) is 3.22. The van der Waals surface area contributed by atoms with Gasteiger partial charge in [0.25, 0.3) is 5.91 Å². The highest BCUT2D eigenvalue weighted by atomic mass is 32.1. The highest BCUT2D eigenvalue weighted by Crippen LogP contribution is 2.47. The minimum absolute atomic E-state index is 0.0415. The molecule has 5 nitrogen and oxygen atoms in total. The number of thiophene rings is 1. The predicted octanol–water partition coefficient (Wildman–Crippen LogP) is 3.28. The molecule has 2 aromatic rings. The van der Waals surface area contributed by atoms with Crippen molar-refractivity contribution in [2.24, 2.45) is 10.7 Å². The molecule has 1 spiro atoms. The van der Waals surface area contributed by atoms with E-state index in [1.54, 1.807) is 24.5 Å². The lowest BCUT2D eigenvalue weighted by atomic mass is 9.80. The van der Waals surface area contributed by atoms with E-state index in [-0.39, 0.29) is 11.9 Å². The number of amides is 1. The second kappa shape index (κ2) is 5.18. The summed E-state index contributed by atoms with van der Waals surface area (Å²) in [5.74, 6) is 0.246. The summed E-state index contributed by atoms with van der Waals surface area (Å²) in [5, 5.41) is 0. The van der Waals surface area contributed by atoms with Gasteiger partial charge in [-0.05, 0) is 37.0 Å². The number of guanidine groups is 1. The summed E-state index contributed by atoms with van der Waals surface area (Å²) in [6.07, 6.45) is 2.57. The summed E-state index contributed by atoms with van der Waals surface area (Å²) in [6.45, 7) is 7.18. The molecule has 0 unspecified atom stereocenters. The van der Waals surface area contributed by atoms with E-state index in [2.05, 4.69) is 15.9 Å². The summed E-state index contributed by atoms with van der Waals surface area (Å²) in [4.78, 5) is 24.6. The van der Waals surface area contributed by atoms with E-state index >= 15 is 0 Å². The SMILES string of the molecule is [C-]#[N+]c1cccc(-c2cc3c(s2)CCC[C@@]32N=C(N)N(C)C2=O)c1. The molecular weight excluding hydrogens is 320 g/mol. The van der Waals surface area contributed by atoms with E-state index in [4.69, 9.17) is 12.3 Å². The summed E-state index contributed by atoms with van der Waals surface area (Å²) in [6, 6.07) is 9.64. The van der Waals surface area contributed by atoms with Gasteiger partial charge in [-0.15, -0.1) is 11.3 Å². The maximum Gasteiger partial charge on any atom is 0.261 e. The summed E-state index contributed by atoms with van der Waals surface area (Å²) < 4.78 is 0. The van der Waals surface area contributed by atoms with Gasteiger partial charge in [0, 0.05) is 22.4 Å². The standard InChI is InChI=1S/C18H16N4OS/c1-20-12-6-3-5-11(9-12)15-10-13-14(24-15)7-4-8-18(13)16(23)22(2)17(19)21-18/h3,5-6,9-10H,4,7-8H2,2H3,(H2,19,21)/t18-/m1/s1. The zero-order chi connectivity index (χ0) is 16.9. The number of fused-ring (bicyclic) bond motifs is 2. The average molecular weight is 336 g/mol. The van der Waals surface area contributed by atoms with Crippen LogP contribution in [0.2, 0.25) is 0 Å². The van der Waals surface area contributed by atoms with Gasteiger partial charge in [-0.3, -0.25) is 9.69 Å². The van der Waals surface area contributed by atoms with E-state index in [9.17, 15) is 4.79 Å². The van der Waals surface area contributed by atoms with Gasteiger partial charge < -0.3 is 5.73 Å². The van der Waals surface area contributed by atoms with Crippen molar-refractivity contribution in [1.82, 2.24) is 4.90 Å². The Morgan fingerprint density at radius 1 is 1.42 bits per heavy atom. The maximum absolute atomic E-state index is 12.8. The van der Waals surface area contributed by atoms with Crippen molar-refractivity contribution in [2.75, 3.05) is 7.05 Å². The number of nitrogens with zero attached hydrogens (tertiary/aromatic N) is 3. The first-order valence-electron chi connectivity index (χ1n) is 7.80. The van der Waals surface area contributed by atoms with Gasteiger partial charge in [0.2, 0.25) is 0 Å². The topological polar surface area (TPSA) is 63.0 Å². The van der Waals surface area contributed by atoms with Crippen LogP contribution in [0.15, 0.2) is 35.3 Å². The van der Waals surface area contributed by atoms with Crippen molar-refractivity contribution in [1.29, 1.82) is 0 Å². The summed E-state index contributed by atoms with van der Waals surface area (Å²) in [5.41, 5.74) is 7.68. The normalized spacial score (nSPS) is 22.4. The monoisotopic (exact) mass is 336 g/mol. The highest BCUT2D eigenvalue weighted by molar-refractivity contribution is 7.15. The fourth-order valence-electron chi connectivity index (χ4n) is 3.51. The number of nitrogens with two attached hydrogens (primary N) is 1. The first kappa shape index (κ1) is 14.9. The molecule has 0 saturated heterocycles.